The summed E-state index contributed by atoms with van der Waals surface area (Å²) in [6.07, 6.45) is 12.1. The normalized spacial score (nSPS) is 22.0. The fourth-order valence-electron chi connectivity index (χ4n) is 5.21. The maximum atomic E-state index is 12.8. The molecule has 1 aliphatic carbocycles. The molecule has 1 atom stereocenters. The van der Waals surface area contributed by atoms with E-state index in [2.05, 4.69) is 11.4 Å². The van der Waals surface area contributed by atoms with E-state index in [4.69, 9.17) is 0 Å². The van der Waals surface area contributed by atoms with Crippen molar-refractivity contribution in [2.24, 2.45) is 0 Å². The number of benzene rings is 1. The Kier molecular flexibility index (Phi) is 7.25. The predicted octanol–water partition coefficient (Wildman–Crippen LogP) is 4.17. The maximum Gasteiger partial charge on any atom is 0.327 e. The predicted molar refractivity (Wildman–Crippen MR) is 119 cm³/mol. The van der Waals surface area contributed by atoms with E-state index >= 15 is 0 Å². The van der Waals surface area contributed by atoms with E-state index in [1.54, 1.807) is 4.90 Å². The zero-order valence-electron chi connectivity index (χ0n) is 18.5. The van der Waals surface area contributed by atoms with Gasteiger partial charge in [-0.15, -0.1) is 0 Å². The standard InChI is InChI=1S/C25H35N3O3/c29-23(26-21-13-5-2-1-3-6-14-21)15-7-4-10-16-27-24(30)22-17-19-11-8-9-12-20(19)18-28(22)25(27)31/h8-9,11-12,21-22H,1-7,10,13-18H2,(H,26,29)/t22-/m0/s1. The van der Waals surface area contributed by atoms with Crippen molar-refractivity contribution in [3.63, 3.8) is 0 Å². The first kappa shape index (κ1) is 21.8. The van der Waals surface area contributed by atoms with Gasteiger partial charge in [-0.1, -0.05) is 62.8 Å². The van der Waals surface area contributed by atoms with Gasteiger partial charge in [-0.25, -0.2) is 4.79 Å². The molecule has 0 spiro atoms. The summed E-state index contributed by atoms with van der Waals surface area (Å²) in [5.41, 5.74) is 2.30. The number of hydrogen-bond donors (Lipinski definition) is 1. The van der Waals surface area contributed by atoms with Gasteiger partial charge < -0.3 is 10.2 Å². The first-order valence-corrected chi connectivity index (χ1v) is 12.1. The number of amides is 4. The van der Waals surface area contributed by atoms with Gasteiger partial charge in [0.1, 0.15) is 6.04 Å². The average Bonchev–Trinajstić information content (AvgIpc) is 2.98. The minimum Gasteiger partial charge on any atom is -0.353 e. The fourth-order valence-corrected chi connectivity index (χ4v) is 5.21. The molecule has 4 amide bonds. The molecular formula is C25H35N3O3. The quantitative estimate of drug-likeness (QED) is 0.527. The minimum absolute atomic E-state index is 0.0680. The Morgan fingerprint density at radius 1 is 0.935 bits per heavy atom. The number of imide groups is 1. The maximum absolute atomic E-state index is 12.8. The second-order valence-electron chi connectivity index (χ2n) is 9.31. The lowest BCUT2D eigenvalue weighted by Crippen LogP contribution is -2.39. The first-order chi connectivity index (χ1) is 15.1. The lowest BCUT2D eigenvalue weighted by molar-refractivity contribution is -0.128. The van der Waals surface area contributed by atoms with Gasteiger partial charge in [-0.05, 0) is 36.8 Å². The molecule has 6 heteroatoms. The van der Waals surface area contributed by atoms with Crippen LogP contribution < -0.4 is 5.32 Å². The van der Waals surface area contributed by atoms with Crippen LogP contribution in [0.3, 0.4) is 0 Å². The third-order valence-electron chi connectivity index (χ3n) is 7.03. The largest absolute Gasteiger partial charge is 0.353 e. The first-order valence-electron chi connectivity index (χ1n) is 12.1. The van der Waals surface area contributed by atoms with Crippen molar-refractivity contribution < 1.29 is 14.4 Å². The van der Waals surface area contributed by atoms with Gasteiger partial charge in [-0.2, -0.15) is 0 Å². The number of unbranched alkanes of at least 4 members (excludes halogenated alkanes) is 2. The number of nitrogens with one attached hydrogen (secondary N) is 1. The van der Waals surface area contributed by atoms with Crippen LogP contribution in [0.2, 0.25) is 0 Å². The zero-order valence-corrected chi connectivity index (χ0v) is 18.5. The van der Waals surface area contributed by atoms with Crippen LogP contribution in [0.25, 0.3) is 0 Å². The van der Waals surface area contributed by atoms with Gasteiger partial charge in [0.15, 0.2) is 0 Å². The minimum atomic E-state index is -0.350. The van der Waals surface area contributed by atoms with Crippen LogP contribution >= 0.6 is 0 Å². The van der Waals surface area contributed by atoms with Gasteiger partial charge in [0.25, 0.3) is 5.91 Å². The van der Waals surface area contributed by atoms with Gasteiger partial charge >= 0.3 is 6.03 Å². The Morgan fingerprint density at radius 3 is 2.42 bits per heavy atom. The van der Waals surface area contributed by atoms with Gasteiger partial charge in [-0.3, -0.25) is 14.5 Å². The van der Waals surface area contributed by atoms with E-state index in [1.807, 2.05) is 18.2 Å². The highest BCUT2D eigenvalue weighted by atomic mass is 16.2. The number of urea groups is 1. The summed E-state index contributed by atoms with van der Waals surface area (Å²) in [6, 6.07) is 7.88. The van der Waals surface area contributed by atoms with E-state index in [9.17, 15) is 14.4 Å². The van der Waals surface area contributed by atoms with E-state index in [0.717, 1.165) is 37.7 Å². The highest BCUT2D eigenvalue weighted by Crippen LogP contribution is 2.30. The third-order valence-corrected chi connectivity index (χ3v) is 7.03. The average molecular weight is 426 g/mol. The molecule has 2 aliphatic heterocycles. The van der Waals surface area contributed by atoms with Crippen molar-refractivity contribution in [2.45, 2.75) is 95.7 Å². The summed E-state index contributed by atoms with van der Waals surface area (Å²) < 4.78 is 0. The molecule has 1 aromatic rings. The lowest BCUT2D eigenvalue weighted by Gasteiger charge is -2.28. The van der Waals surface area contributed by atoms with Gasteiger partial charge in [0.05, 0.1) is 0 Å². The number of nitrogens with zero attached hydrogens (tertiary/aromatic N) is 2. The second kappa shape index (κ2) is 10.3. The van der Waals surface area contributed by atoms with Crippen molar-refractivity contribution in [1.29, 1.82) is 0 Å². The molecule has 0 radical (unpaired) electrons. The van der Waals surface area contributed by atoms with Crippen LogP contribution in [0.5, 0.6) is 0 Å². The zero-order chi connectivity index (χ0) is 21.6. The van der Waals surface area contributed by atoms with Crippen molar-refractivity contribution in [2.75, 3.05) is 6.54 Å². The van der Waals surface area contributed by atoms with Gasteiger partial charge in [0, 0.05) is 32.0 Å². The molecule has 0 unspecified atom stereocenters. The summed E-state index contributed by atoms with van der Waals surface area (Å²) >= 11 is 0. The summed E-state index contributed by atoms with van der Waals surface area (Å²) in [4.78, 5) is 41.0. The molecule has 3 aliphatic rings. The van der Waals surface area contributed by atoms with Crippen molar-refractivity contribution >= 4 is 17.8 Å². The molecule has 0 bridgehead atoms. The Labute approximate surface area is 185 Å². The number of rotatable bonds is 7. The summed E-state index contributed by atoms with van der Waals surface area (Å²) in [5.74, 6) is 0.0790. The molecule has 1 saturated carbocycles. The number of carbonyl (C=O) groups is 3. The smallest absolute Gasteiger partial charge is 0.327 e. The van der Waals surface area contributed by atoms with E-state index in [1.165, 1.54) is 42.6 Å². The van der Waals surface area contributed by atoms with Crippen LogP contribution in [0.4, 0.5) is 4.79 Å². The molecule has 2 fully saturated rings. The topological polar surface area (TPSA) is 69.7 Å². The van der Waals surface area contributed by atoms with Crippen LogP contribution in [-0.4, -0.2) is 46.3 Å². The van der Waals surface area contributed by atoms with Crippen LogP contribution in [0.1, 0.15) is 81.8 Å². The lowest BCUT2D eigenvalue weighted by atomic mass is 9.95. The van der Waals surface area contributed by atoms with E-state index < -0.39 is 0 Å². The van der Waals surface area contributed by atoms with Crippen molar-refractivity contribution in [3.8, 4) is 0 Å². The second-order valence-corrected chi connectivity index (χ2v) is 9.31. The van der Waals surface area contributed by atoms with Crippen LogP contribution in [-0.2, 0) is 22.6 Å². The SMILES string of the molecule is O=C(CCCCCN1C(=O)[C@@H]2Cc3ccccc3CN2C1=O)NC1CCCCCCC1. The number of hydrogen-bond acceptors (Lipinski definition) is 3. The van der Waals surface area contributed by atoms with Crippen molar-refractivity contribution in [1.82, 2.24) is 15.1 Å². The molecule has 0 aromatic heterocycles. The Hall–Kier alpha value is -2.37. The summed E-state index contributed by atoms with van der Waals surface area (Å²) in [7, 11) is 0. The molecule has 4 rings (SSSR count). The number of carbonyl (C=O) groups excluding carboxylic acids is 3. The van der Waals surface area contributed by atoms with E-state index in [-0.39, 0.29) is 23.9 Å². The van der Waals surface area contributed by atoms with E-state index in [0.29, 0.717) is 32.0 Å². The molecule has 31 heavy (non-hydrogen) atoms. The fraction of sp³-hybridized carbons (Fsp3) is 0.640. The van der Waals surface area contributed by atoms with Crippen LogP contribution in [0.15, 0.2) is 24.3 Å². The molecule has 6 nitrogen and oxygen atoms in total. The highest BCUT2D eigenvalue weighted by molar-refractivity contribution is 6.04. The molecule has 168 valence electrons. The third kappa shape index (κ3) is 5.28. The summed E-state index contributed by atoms with van der Waals surface area (Å²) in [5, 5.41) is 3.21. The highest BCUT2D eigenvalue weighted by Gasteiger charge is 2.46. The van der Waals surface area contributed by atoms with Crippen LogP contribution in [0, 0.1) is 0 Å². The monoisotopic (exact) mass is 425 g/mol. The number of fused-ring (bicyclic) bond motifs is 2. The Morgan fingerprint density at radius 2 is 1.65 bits per heavy atom. The molecular weight excluding hydrogens is 390 g/mol. The van der Waals surface area contributed by atoms with Crippen molar-refractivity contribution in [3.05, 3.63) is 35.4 Å². The molecule has 2 heterocycles. The molecule has 1 saturated heterocycles. The molecule has 1 N–H and O–H groups in total. The molecule has 1 aromatic carbocycles. The Bertz CT molecular complexity index is 758. The summed E-state index contributed by atoms with van der Waals surface area (Å²) in [6.45, 7) is 0.967. The van der Waals surface area contributed by atoms with Gasteiger partial charge in [0.2, 0.25) is 5.91 Å². The Balaban J connectivity index is 1.17.